The minimum absolute atomic E-state index is 0.0263. The van der Waals surface area contributed by atoms with Gasteiger partial charge < -0.3 is 15.0 Å². The number of piperidine rings is 1. The van der Waals surface area contributed by atoms with E-state index < -0.39 is 0 Å². The van der Waals surface area contributed by atoms with Crippen molar-refractivity contribution in [1.29, 1.82) is 0 Å². The van der Waals surface area contributed by atoms with E-state index in [4.69, 9.17) is 4.74 Å². The summed E-state index contributed by atoms with van der Waals surface area (Å²) in [5.41, 5.74) is 2.09. The average molecular weight is 421 g/mol. The minimum Gasteiger partial charge on any atom is -0.450 e. The molecule has 26 heavy (non-hydrogen) atoms. The molecule has 2 amide bonds. The number of nitrogens with one attached hydrogen (secondary N) is 2. The number of hydrogen-bond donors (Lipinski definition) is 2. The Morgan fingerprint density at radius 2 is 2.15 bits per heavy atom. The van der Waals surface area contributed by atoms with Crippen LogP contribution in [0.1, 0.15) is 30.1 Å². The van der Waals surface area contributed by atoms with Gasteiger partial charge in [-0.05, 0) is 31.9 Å². The number of ether oxygens (including phenoxy) is 1. The van der Waals surface area contributed by atoms with Crippen LogP contribution in [-0.2, 0) is 4.74 Å². The lowest BCUT2D eigenvalue weighted by atomic mass is 10.0. The number of hydrogen-bond acceptors (Lipinski definition) is 4. The fourth-order valence-electron chi connectivity index (χ4n) is 3.01. The zero-order valence-corrected chi connectivity index (χ0v) is 16.1. The topological polar surface area (TPSA) is 87.3 Å². The van der Waals surface area contributed by atoms with E-state index in [0.29, 0.717) is 43.8 Å². The lowest BCUT2D eigenvalue weighted by molar-refractivity contribution is 0.0860. The number of nitrogens with zero attached hydrogens (tertiary/aromatic N) is 2. The highest BCUT2D eigenvalue weighted by molar-refractivity contribution is 9.10. The van der Waals surface area contributed by atoms with Gasteiger partial charge in [0.2, 0.25) is 0 Å². The maximum Gasteiger partial charge on any atom is 0.409 e. The van der Waals surface area contributed by atoms with Gasteiger partial charge in [0, 0.05) is 29.2 Å². The Morgan fingerprint density at radius 3 is 2.85 bits per heavy atom. The van der Waals surface area contributed by atoms with Gasteiger partial charge in [-0.25, -0.2) is 4.79 Å². The Bertz CT molecular complexity index is 784. The quantitative estimate of drug-likeness (QED) is 0.794. The Hall–Kier alpha value is -2.35. The number of halogens is 1. The van der Waals surface area contributed by atoms with Crippen LogP contribution in [0, 0.1) is 0 Å². The van der Waals surface area contributed by atoms with Gasteiger partial charge in [0.05, 0.1) is 24.1 Å². The number of carbonyl (C=O) groups is 2. The van der Waals surface area contributed by atoms with E-state index in [9.17, 15) is 9.59 Å². The number of rotatable bonds is 4. The normalized spacial score (nSPS) is 14.9. The van der Waals surface area contributed by atoms with Crippen LogP contribution in [-0.4, -0.2) is 52.8 Å². The maximum atomic E-state index is 12.7. The van der Waals surface area contributed by atoms with E-state index in [0.717, 1.165) is 10.0 Å². The zero-order chi connectivity index (χ0) is 18.5. The zero-order valence-electron chi connectivity index (χ0n) is 14.5. The smallest absolute Gasteiger partial charge is 0.409 e. The van der Waals surface area contributed by atoms with Crippen molar-refractivity contribution in [2.75, 3.05) is 19.7 Å². The van der Waals surface area contributed by atoms with Gasteiger partial charge in [-0.15, -0.1) is 0 Å². The van der Waals surface area contributed by atoms with Crippen molar-refractivity contribution in [3.63, 3.8) is 0 Å². The molecule has 1 aliphatic heterocycles. The van der Waals surface area contributed by atoms with E-state index in [-0.39, 0.29) is 18.0 Å². The molecule has 1 aromatic carbocycles. The van der Waals surface area contributed by atoms with Crippen LogP contribution in [0.4, 0.5) is 4.79 Å². The van der Waals surface area contributed by atoms with Crippen molar-refractivity contribution in [1.82, 2.24) is 20.4 Å². The Morgan fingerprint density at radius 1 is 1.38 bits per heavy atom. The van der Waals surface area contributed by atoms with Crippen molar-refractivity contribution < 1.29 is 14.3 Å². The predicted molar refractivity (Wildman–Crippen MR) is 101 cm³/mol. The van der Waals surface area contributed by atoms with Crippen LogP contribution < -0.4 is 5.32 Å². The monoisotopic (exact) mass is 420 g/mol. The summed E-state index contributed by atoms with van der Waals surface area (Å²) < 4.78 is 5.95. The summed E-state index contributed by atoms with van der Waals surface area (Å²) in [6.07, 6.45) is 2.66. The molecule has 1 saturated heterocycles. The third kappa shape index (κ3) is 4.24. The molecule has 0 aliphatic carbocycles. The molecular weight excluding hydrogens is 400 g/mol. The summed E-state index contributed by atoms with van der Waals surface area (Å²) in [7, 11) is 0. The summed E-state index contributed by atoms with van der Waals surface area (Å²) >= 11 is 3.44. The number of H-pyrrole nitrogens is 1. The first-order chi connectivity index (χ1) is 12.6. The van der Waals surface area contributed by atoms with Crippen LogP contribution in [0.25, 0.3) is 11.3 Å². The fourth-order valence-corrected chi connectivity index (χ4v) is 3.41. The second-order valence-corrected chi connectivity index (χ2v) is 7.02. The second-order valence-electron chi connectivity index (χ2n) is 6.10. The third-order valence-corrected chi connectivity index (χ3v) is 4.85. The first-order valence-electron chi connectivity index (χ1n) is 8.60. The van der Waals surface area contributed by atoms with E-state index in [1.165, 1.54) is 0 Å². The molecule has 0 spiro atoms. The van der Waals surface area contributed by atoms with Gasteiger partial charge in [-0.3, -0.25) is 9.89 Å². The molecule has 2 N–H and O–H groups in total. The molecule has 1 fully saturated rings. The molecule has 0 saturated carbocycles. The number of carbonyl (C=O) groups excluding carboxylic acids is 2. The Labute approximate surface area is 160 Å². The molecule has 2 heterocycles. The van der Waals surface area contributed by atoms with Crippen LogP contribution in [0.15, 0.2) is 34.9 Å². The number of likely N-dealkylation sites (tertiary alicyclic amines) is 1. The lowest BCUT2D eigenvalue weighted by Gasteiger charge is -2.31. The second kappa shape index (κ2) is 8.35. The van der Waals surface area contributed by atoms with Crippen molar-refractivity contribution in [3.8, 4) is 11.3 Å². The first-order valence-corrected chi connectivity index (χ1v) is 9.39. The van der Waals surface area contributed by atoms with Crippen molar-refractivity contribution in [2.45, 2.75) is 25.8 Å². The summed E-state index contributed by atoms with van der Waals surface area (Å²) in [5.74, 6) is -0.164. The van der Waals surface area contributed by atoms with Gasteiger partial charge in [-0.1, -0.05) is 28.1 Å². The number of amides is 2. The van der Waals surface area contributed by atoms with Gasteiger partial charge in [-0.2, -0.15) is 5.10 Å². The fraction of sp³-hybridized carbons (Fsp3) is 0.389. The summed E-state index contributed by atoms with van der Waals surface area (Å²) in [5, 5.41) is 9.98. The Kier molecular flexibility index (Phi) is 5.92. The van der Waals surface area contributed by atoms with Crippen LogP contribution in [0.2, 0.25) is 0 Å². The standard InChI is InChI=1S/C18H21BrN4O3/c1-2-26-18(25)23-8-6-14(7-9-23)21-17(24)15-11-20-22-16(15)12-4-3-5-13(19)10-12/h3-5,10-11,14H,2,6-9H2,1H3,(H,20,22)(H,21,24). The molecule has 0 bridgehead atoms. The predicted octanol–water partition coefficient (Wildman–Crippen LogP) is 3.19. The third-order valence-electron chi connectivity index (χ3n) is 4.35. The summed E-state index contributed by atoms with van der Waals surface area (Å²) in [6, 6.07) is 7.72. The summed E-state index contributed by atoms with van der Waals surface area (Å²) in [4.78, 5) is 26.1. The Balaban J connectivity index is 1.62. The highest BCUT2D eigenvalue weighted by atomic mass is 79.9. The number of benzene rings is 1. The van der Waals surface area contributed by atoms with Crippen molar-refractivity contribution in [2.24, 2.45) is 0 Å². The van der Waals surface area contributed by atoms with Crippen LogP contribution >= 0.6 is 15.9 Å². The van der Waals surface area contributed by atoms with Gasteiger partial charge in [0.25, 0.3) is 5.91 Å². The molecule has 0 atom stereocenters. The van der Waals surface area contributed by atoms with Crippen molar-refractivity contribution >= 4 is 27.9 Å². The largest absolute Gasteiger partial charge is 0.450 e. The van der Waals surface area contributed by atoms with E-state index in [2.05, 4.69) is 31.4 Å². The minimum atomic E-state index is -0.288. The molecular formula is C18H21BrN4O3. The molecule has 0 unspecified atom stereocenters. The van der Waals surface area contributed by atoms with Crippen LogP contribution in [0.5, 0.6) is 0 Å². The molecule has 138 valence electrons. The lowest BCUT2D eigenvalue weighted by Crippen LogP contribution is -2.46. The van der Waals surface area contributed by atoms with Gasteiger partial charge in [0.1, 0.15) is 0 Å². The molecule has 7 nitrogen and oxygen atoms in total. The van der Waals surface area contributed by atoms with Crippen molar-refractivity contribution in [3.05, 3.63) is 40.5 Å². The molecule has 0 radical (unpaired) electrons. The maximum absolute atomic E-state index is 12.7. The van der Waals surface area contributed by atoms with Gasteiger partial charge in [0.15, 0.2) is 0 Å². The first kappa shape index (κ1) is 18.4. The van der Waals surface area contributed by atoms with Crippen LogP contribution in [0.3, 0.4) is 0 Å². The summed E-state index contributed by atoms with van der Waals surface area (Å²) in [6.45, 7) is 3.31. The molecule has 1 aromatic heterocycles. The molecule has 2 aromatic rings. The average Bonchev–Trinajstić information content (AvgIpc) is 3.12. The van der Waals surface area contributed by atoms with E-state index >= 15 is 0 Å². The van der Waals surface area contributed by atoms with E-state index in [1.54, 1.807) is 18.0 Å². The number of aromatic nitrogens is 2. The molecule has 3 rings (SSSR count). The van der Waals surface area contributed by atoms with Gasteiger partial charge >= 0.3 is 6.09 Å². The highest BCUT2D eigenvalue weighted by Gasteiger charge is 2.26. The highest BCUT2D eigenvalue weighted by Crippen LogP contribution is 2.24. The molecule has 1 aliphatic rings. The van der Waals surface area contributed by atoms with E-state index in [1.807, 2.05) is 24.3 Å². The number of aromatic amines is 1. The SMILES string of the molecule is CCOC(=O)N1CCC(NC(=O)c2cn[nH]c2-c2cccc(Br)c2)CC1. The molecule has 8 heteroatoms.